The van der Waals surface area contributed by atoms with Gasteiger partial charge in [0, 0.05) is 17.6 Å². The average molecular weight is 468 g/mol. The third kappa shape index (κ3) is 4.59. The Kier molecular flexibility index (Phi) is 6.02. The molecule has 2 fully saturated rings. The van der Waals surface area contributed by atoms with Crippen molar-refractivity contribution >= 4 is 27.5 Å². The Hall–Kier alpha value is -2.47. The molecule has 1 amide bonds. The molecule has 31 heavy (non-hydrogen) atoms. The molecule has 12 heteroatoms. The smallest absolute Gasteiger partial charge is 0.233 e. The van der Waals surface area contributed by atoms with E-state index in [9.17, 15) is 13.2 Å². The van der Waals surface area contributed by atoms with E-state index in [1.807, 2.05) is 0 Å². The van der Waals surface area contributed by atoms with E-state index in [1.54, 1.807) is 37.3 Å². The highest BCUT2D eigenvalue weighted by molar-refractivity contribution is 7.99. The molecule has 1 saturated carbocycles. The molecule has 0 spiro atoms. The normalized spacial score (nSPS) is 19.9. The van der Waals surface area contributed by atoms with Gasteiger partial charge in [0.2, 0.25) is 11.1 Å². The number of hydrogen-bond acceptors (Lipinski definition) is 9. The number of rotatable bonds is 8. The largest absolute Gasteiger partial charge is 0.493 e. The second kappa shape index (κ2) is 8.58. The Balaban J connectivity index is 1.46. The SMILES string of the molecule is COc1ccc(-c2nnc(SCC(=O)N(C3CC3)C3CCS(=O)(=O)C3)n2N)cc1OC. The van der Waals surface area contributed by atoms with E-state index in [1.165, 1.54) is 16.4 Å². The first-order chi connectivity index (χ1) is 14.8. The van der Waals surface area contributed by atoms with E-state index < -0.39 is 9.84 Å². The maximum absolute atomic E-state index is 12.9. The fourth-order valence-corrected chi connectivity index (χ4v) is 6.24. The van der Waals surface area contributed by atoms with Crippen LogP contribution in [0.25, 0.3) is 11.4 Å². The van der Waals surface area contributed by atoms with Crippen LogP contribution in [0.2, 0.25) is 0 Å². The fraction of sp³-hybridized carbons (Fsp3) is 0.526. The fourth-order valence-electron chi connectivity index (χ4n) is 3.80. The van der Waals surface area contributed by atoms with Crippen LogP contribution in [0.5, 0.6) is 11.5 Å². The molecular formula is C19H25N5O5S2. The van der Waals surface area contributed by atoms with Crippen LogP contribution >= 0.6 is 11.8 Å². The number of thioether (sulfide) groups is 1. The molecular weight excluding hydrogens is 442 g/mol. The maximum Gasteiger partial charge on any atom is 0.233 e. The predicted molar refractivity (Wildman–Crippen MR) is 116 cm³/mol. The quantitative estimate of drug-likeness (QED) is 0.445. The van der Waals surface area contributed by atoms with Gasteiger partial charge in [0.25, 0.3) is 0 Å². The topological polar surface area (TPSA) is 130 Å². The van der Waals surface area contributed by atoms with Crippen molar-refractivity contribution in [2.45, 2.75) is 36.5 Å². The highest BCUT2D eigenvalue weighted by atomic mass is 32.2. The number of aromatic nitrogens is 3. The number of ether oxygens (including phenoxy) is 2. The minimum Gasteiger partial charge on any atom is -0.493 e. The van der Waals surface area contributed by atoms with Gasteiger partial charge in [-0.3, -0.25) is 4.79 Å². The van der Waals surface area contributed by atoms with Gasteiger partial charge in [-0.2, -0.15) is 0 Å². The molecule has 1 unspecified atom stereocenters. The van der Waals surface area contributed by atoms with Crippen molar-refractivity contribution in [3.8, 4) is 22.9 Å². The van der Waals surface area contributed by atoms with Crippen molar-refractivity contribution in [3.63, 3.8) is 0 Å². The molecule has 2 heterocycles. The molecule has 1 aromatic heterocycles. The van der Waals surface area contributed by atoms with Gasteiger partial charge in [0.15, 0.2) is 27.2 Å². The number of methoxy groups -OCH3 is 2. The first-order valence-corrected chi connectivity index (χ1v) is 12.7. The Labute approximate surface area is 185 Å². The number of nitrogen functional groups attached to an aromatic ring is 1. The molecule has 2 aromatic rings. The standard InChI is InChI=1S/C19H25N5O5S2/c1-28-15-6-3-12(9-16(15)29-2)18-21-22-19(24(18)20)30-10-17(25)23(13-4-5-13)14-7-8-31(26,27)11-14/h3,6,9,13-14H,4-5,7-8,10-11,20H2,1-2H3. The third-order valence-corrected chi connectivity index (χ3v) is 8.14. The summed E-state index contributed by atoms with van der Waals surface area (Å²) in [6.07, 6.45) is 2.35. The lowest BCUT2D eigenvalue weighted by Crippen LogP contribution is -2.43. The van der Waals surface area contributed by atoms with Gasteiger partial charge >= 0.3 is 0 Å². The molecule has 4 rings (SSSR count). The summed E-state index contributed by atoms with van der Waals surface area (Å²) < 4.78 is 35.6. The molecule has 1 aromatic carbocycles. The summed E-state index contributed by atoms with van der Waals surface area (Å²) in [5.74, 6) is 7.96. The van der Waals surface area contributed by atoms with Crippen LogP contribution in [0.1, 0.15) is 19.3 Å². The van der Waals surface area contributed by atoms with Crippen molar-refractivity contribution in [1.29, 1.82) is 0 Å². The Bertz CT molecular complexity index is 1080. The molecule has 2 aliphatic rings. The van der Waals surface area contributed by atoms with Crippen LogP contribution in [-0.2, 0) is 14.6 Å². The second-order valence-electron chi connectivity index (χ2n) is 7.62. The van der Waals surface area contributed by atoms with E-state index in [0.717, 1.165) is 12.8 Å². The van der Waals surface area contributed by atoms with Crippen LogP contribution in [-0.4, -0.2) is 77.7 Å². The summed E-state index contributed by atoms with van der Waals surface area (Å²) in [5, 5.41) is 8.66. The lowest BCUT2D eigenvalue weighted by atomic mass is 10.2. The highest BCUT2D eigenvalue weighted by Crippen LogP contribution is 2.34. The van der Waals surface area contributed by atoms with Crippen LogP contribution < -0.4 is 15.3 Å². The van der Waals surface area contributed by atoms with Crippen molar-refractivity contribution < 1.29 is 22.7 Å². The Morgan fingerprint density at radius 2 is 1.94 bits per heavy atom. The monoisotopic (exact) mass is 467 g/mol. The van der Waals surface area contributed by atoms with Crippen LogP contribution in [0, 0.1) is 0 Å². The summed E-state index contributed by atoms with van der Waals surface area (Å²) in [4.78, 5) is 14.7. The van der Waals surface area contributed by atoms with Crippen molar-refractivity contribution in [2.24, 2.45) is 0 Å². The molecule has 1 aliphatic carbocycles. The van der Waals surface area contributed by atoms with Crippen molar-refractivity contribution in [3.05, 3.63) is 18.2 Å². The Morgan fingerprint density at radius 3 is 2.55 bits per heavy atom. The second-order valence-corrected chi connectivity index (χ2v) is 10.8. The van der Waals surface area contributed by atoms with Crippen LogP contribution in [0.3, 0.4) is 0 Å². The number of nitrogens with two attached hydrogens (primary N) is 1. The summed E-state index contributed by atoms with van der Waals surface area (Å²) in [7, 11) is 0.0427. The molecule has 1 saturated heterocycles. The summed E-state index contributed by atoms with van der Waals surface area (Å²) in [6.45, 7) is 0. The number of carbonyl (C=O) groups is 1. The number of sulfone groups is 1. The number of benzene rings is 1. The van der Waals surface area contributed by atoms with E-state index in [-0.39, 0.29) is 35.2 Å². The van der Waals surface area contributed by atoms with Gasteiger partial charge in [0.05, 0.1) is 31.5 Å². The van der Waals surface area contributed by atoms with Crippen molar-refractivity contribution in [1.82, 2.24) is 19.8 Å². The Morgan fingerprint density at radius 1 is 1.19 bits per heavy atom. The molecule has 0 radical (unpaired) electrons. The zero-order valence-corrected chi connectivity index (χ0v) is 19.0. The first kappa shape index (κ1) is 21.8. The molecule has 1 aliphatic heterocycles. The van der Waals surface area contributed by atoms with E-state index in [0.29, 0.717) is 34.5 Å². The lowest BCUT2D eigenvalue weighted by Gasteiger charge is -2.28. The average Bonchev–Trinajstić information content (AvgIpc) is 3.42. The highest BCUT2D eigenvalue weighted by Gasteiger charge is 2.42. The van der Waals surface area contributed by atoms with Gasteiger partial charge in [-0.15, -0.1) is 10.2 Å². The van der Waals surface area contributed by atoms with Gasteiger partial charge < -0.3 is 20.2 Å². The molecule has 0 bridgehead atoms. The zero-order chi connectivity index (χ0) is 22.2. The summed E-state index contributed by atoms with van der Waals surface area (Å²) in [6, 6.07) is 5.21. The maximum atomic E-state index is 12.9. The van der Waals surface area contributed by atoms with E-state index >= 15 is 0 Å². The van der Waals surface area contributed by atoms with Crippen LogP contribution in [0.4, 0.5) is 0 Å². The lowest BCUT2D eigenvalue weighted by molar-refractivity contribution is -0.130. The molecule has 1 atom stereocenters. The van der Waals surface area contributed by atoms with Gasteiger partial charge in [-0.1, -0.05) is 11.8 Å². The third-order valence-electron chi connectivity index (χ3n) is 5.46. The first-order valence-electron chi connectivity index (χ1n) is 9.90. The van der Waals surface area contributed by atoms with Crippen molar-refractivity contribution in [2.75, 3.05) is 37.3 Å². The van der Waals surface area contributed by atoms with Gasteiger partial charge in [-0.25, -0.2) is 13.1 Å². The minimum absolute atomic E-state index is 0.0520. The number of nitrogens with zero attached hydrogens (tertiary/aromatic N) is 4. The van der Waals surface area contributed by atoms with Crippen LogP contribution in [0.15, 0.2) is 23.4 Å². The van der Waals surface area contributed by atoms with E-state index in [2.05, 4.69) is 10.2 Å². The summed E-state index contributed by atoms with van der Waals surface area (Å²) in [5.41, 5.74) is 0.696. The van der Waals surface area contributed by atoms with Gasteiger partial charge in [0.1, 0.15) is 0 Å². The van der Waals surface area contributed by atoms with Gasteiger partial charge in [-0.05, 0) is 37.5 Å². The predicted octanol–water partition coefficient (Wildman–Crippen LogP) is 0.946. The molecule has 168 valence electrons. The minimum atomic E-state index is -3.06. The number of amides is 1. The number of hydrogen-bond donors (Lipinski definition) is 1. The zero-order valence-electron chi connectivity index (χ0n) is 17.4. The van der Waals surface area contributed by atoms with E-state index in [4.69, 9.17) is 15.3 Å². The molecule has 2 N–H and O–H groups in total. The molecule has 10 nitrogen and oxygen atoms in total. The summed E-state index contributed by atoms with van der Waals surface area (Å²) >= 11 is 1.19. The number of carbonyl (C=O) groups excluding carboxylic acids is 1.